The van der Waals surface area contributed by atoms with Gasteiger partial charge < -0.3 is 4.74 Å². The zero-order chi connectivity index (χ0) is 13.3. The molecule has 18 heavy (non-hydrogen) atoms. The molecule has 0 spiro atoms. The molecule has 0 radical (unpaired) electrons. The molecule has 0 aromatic carbocycles. The molecule has 0 aromatic heterocycles. The van der Waals surface area contributed by atoms with Gasteiger partial charge >= 0.3 is 0 Å². The van der Waals surface area contributed by atoms with Gasteiger partial charge in [-0.2, -0.15) is 0 Å². The van der Waals surface area contributed by atoms with Crippen molar-refractivity contribution >= 4 is 21.6 Å². The molecule has 1 saturated heterocycles. The molecule has 2 nitrogen and oxygen atoms in total. The molecule has 4 heteroatoms. The van der Waals surface area contributed by atoms with E-state index >= 15 is 0 Å². The normalized spacial score (nSPS) is 18.2. The van der Waals surface area contributed by atoms with Crippen LogP contribution in [-0.4, -0.2) is 49.3 Å². The van der Waals surface area contributed by atoms with Crippen molar-refractivity contribution in [1.29, 1.82) is 0 Å². The summed E-state index contributed by atoms with van der Waals surface area (Å²) in [6.07, 6.45) is 4.00. The van der Waals surface area contributed by atoms with Gasteiger partial charge in [0.05, 0.1) is 13.2 Å². The highest BCUT2D eigenvalue weighted by atomic mass is 33.1. The molecule has 0 amide bonds. The van der Waals surface area contributed by atoms with Crippen LogP contribution in [0.25, 0.3) is 0 Å². The summed E-state index contributed by atoms with van der Waals surface area (Å²) in [5.74, 6) is 2.54. The van der Waals surface area contributed by atoms with Gasteiger partial charge in [-0.3, -0.25) is 4.90 Å². The first kappa shape index (κ1) is 16.7. The molecule has 1 aliphatic heterocycles. The molecule has 0 bridgehead atoms. The van der Waals surface area contributed by atoms with Crippen LogP contribution in [-0.2, 0) is 4.74 Å². The molecule has 0 atom stereocenters. The summed E-state index contributed by atoms with van der Waals surface area (Å²) in [6, 6.07) is 0. The summed E-state index contributed by atoms with van der Waals surface area (Å²) >= 11 is 0. The van der Waals surface area contributed by atoms with Crippen LogP contribution < -0.4 is 0 Å². The van der Waals surface area contributed by atoms with Gasteiger partial charge in [-0.1, -0.05) is 48.8 Å². The largest absolute Gasteiger partial charge is 0.379 e. The molecule has 0 aromatic rings. The maximum atomic E-state index is 5.35. The van der Waals surface area contributed by atoms with Gasteiger partial charge in [-0.05, 0) is 18.3 Å². The van der Waals surface area contributed by atoms with Crippen molar-refractivity contribution in [3.05, 3.63) is 0 Å². The van der Waals surface area contributed by atoms with Crippen molar-refractivity contribution in [3.63, 3.8) is 0 Å². The maximum Gasteiger partial charge on any atom is 0.0594 e. The van der Waals surface area contributed by atoms with E-state index in [4.69, 9.17) is 4.74 Å². The van der Waals surface area contributed by atoms with E-state index in [1.165, 1.54) is 37.3 Å². The lowest BCUT2D eigenvalue weighted by Crippen LogP contribution is -2.37. The molecule has 108 valence electrons. The molecule has 0 unspecified atom stereocenters. The first-order valence-corrected chi connectivity index (χ1v) is 9.67. The number of ether oxygens (including phenoxy) is 1. The van der Waals surface area contributed by atoms with E-state index in [0.717, 1.165) is 26.3 Å². The van der Waals surface area contributed by atoms with Crippen molar-refractivity contribution in [1.82, 2.24) is 4.90 Å². The van der Waals surface area contributed by atoms with E-state index in [2.05, 4.69) is 36.5 Å². The Labute approximate surface area is 121 Å². The highest BCUT2D eigenvalue weighted by molar-refractivity contribution is 8.76. The number of rotatable bonds is 9. The zero-order valence-corrected chi connectivity index (χ0v) is 13.9. The first-order valence-electron chi connectivity index (χ1n) is 7.18. The molecule has 0 aliphatic carbocycles. The molecule has 1 rings (SSSR count). The number of hydrogen-bond acceptors (Lipinski definition) is 4. The Morgan fingerprint density at radius 1 is 1.06 bits per heavy atom. The minimum atomic E-state index is 0.534. The Kier molecular flexibility index (Phi) is 8.81. The highest BCUT2D eigenvalue weighted by Crippen LogP contribution is 2.31. The molecule has 1 fully saturated rings. The van der Waals surface area contributed by atoms with Gasteiger partial charge in [-0.25, -0.2) is 0 Å². The molecule has 0 saturated carbocycles. The summed E-state index contributed by atoms with van der Waals surface area (Å²) in [7, 11) is 4.09. The van der Waals surface area contributed by atoms with E-state index in [9.17, 15) is 0 Å². The Morgan fingerprint density at radius 2 is 1.72 bits per heavy atom. The van der Waals surface area contributed by atoms with Crippen molar-refractivity contribution < 1.29 is 4.74 Å². The number of morpholine rings is 1. The van der Waals surface area contributed by atoms with Crippen LogP contribution >= 0.6 is 21.6 Å². The fourth-order valence-corrected chi connectivity index (χ4v) is 4.61. The number of nitrogens with zero attached hydrogens (tertiary/aromatic N) is 1. The summed E-state index contributed by atoms with van der Waals surface area (Å²) in [6.45, 7) is 12.4. The minimum Gasteiger partial charge on any atom is -0.379 e. The van der Waals surface area contributed by atoms with E-state index in [1.54, 1.807) is 0 Å². The predicted octanol–water partition coefficient (Wildman–Crippen LogP) is 3.92. The second-order valence-electron chi connectivity index (χ2n) is 5.76. The Bertz CT molecular complexity index is 206. The summed E-state index contributed by atoms with van der Waals surface area (Å²) in [5, 5.41) is 0. The maximum absolute atomic E-state index is 5.35. The van der Waals surface area contributed by atoms with E-state index < -0.39 is 0 Å². The fourth-order valence-electron chi connectivity index (χ4n) is 2.23. The van der Waals surface area contributed by atoms with E-state index in [0.29, 0.717) is 5.41 Å². The second kappa shape index (κ2) is 9.51. The van der Waals surface area contributed by atoms with Crippen LogP contribution in [0.4, 0.5) is 0 Å². The average Bonchev–Trinajstić information content (AvgIpc) is 2.35. The Balaban J connectivity index is 1.92. The van der Waals surface area contributed by atoms with Gasteiger partial charge in [0.25, 0.3) is 0 Å². The average molecular weight is 292 g/mol. The monoisotopic (exact) mass is 291 g/mol. The zero-order valence-electron chi connectivity index (χ0n) is 12.2. The van der Waals surface area contributed by atoms with E-state index in [-0.39, 0.29) is 0 Å². The fraction of sp³-hybridized carbons (Fsp3) is 1.00. The topological polar surface area (TPSA) is 12.5 Å². The van der Waals surface area contributed by atoms with Crippen molar-refractivity contribution in [2.75, 3.05) is 44.4 Å². The van der Waals surface area contributed by atoms with E-state index in [1.807, 2.05) is 10.8 Å². The predicted molar refractivity (Wildman–Crippen MR) is 85.5 cm³/mol. The SMILES string of the molecule is CCCC(C)(C)CCSSCCN1CCOCC1. The lowest BCUT2D eigenvalue weighted by molar-refractivity contribution is 0.0410. The van der Waals surface area contributed by atoms with Gasteiger partial charge in [-0.15, -0.1) is 0 Å². The van der Waals surface area contributed by atoms with Crippen LogP contribution in [0.2, 0.25) is 0 Å². The lowest BCUT2D eigenvalue weighted by Gasteiger charge is -2.26. The Morgan fingerprint density at radius 3 is 2.39 bits per heavy atom. The summed E-state index contributed by atoms with van der Waals surface area (Å²) in [5.41, 5.74) is 0.534. The van der Waals surface area contributed by atoms with Gasteiger partial charge in [0.1, 0.15) is 0 Å². The second-order valence-corrected chi connectivity index (χ2v) is 8.46. The van der Waals surface area contributed by atoms with Crippen molar-refractivity contribution in [3.8, 4) is 0 Å². The lowest BCUT2D eigenvalue weighted by atomic mass is 9.85. The molecular weight excluding hydrogens is 262 g/mol. The van der Waals surface area contributed by atoms with Crippen LogP contribution in [0, 0.1) is 5.41 Å². The standard InChI is InChI=1S/C14H29NOS2/c1-4-5-14(2,3)6-12-17-18-13-9-15-7-10-16-11-8-15/h4-13H2,1-3H3. The van der Waals surface area contributed by atoms with Crippen LogP contribution in [0.5, 0.6) is 0 Å². The quantitative estimate of drug-likeness (QED) is 0.471. The van der Waals surface area contributed by atoms with Crippen LogP contribution in [0.3, 0.4) is 0 Å². The minimum absolute atomic E-state index is 0.534. The smallest absolute Gasteiger partial charge is 0.0594 e. The van der Waals surface area contributed by atoms with Crippen LogP contribution in [0.15, 0.2) is 0 Å². The molecule has 1 aliphatic rings. The summed E-state index contributed by atoms with van der Waals surface area (Å²) < 4.78 is 5.35. The number of hydrogen-bond donors (Lipinski definition) is 0. The van der Waals surface area contributed by atoms with Crippen molar-refractivity contribution in [2.45, 2.75) is 40.0 Å². The van der Waals surface area contributed by atoms with Gasteiger partial charge in [0.15, 0.2) is 0 Å². The molecular formula is C14H29NOS2. The van der Waals surface area contributed by atoms with Gasteiger partial charge in [0, 0.05) is 31.1 Å². The third-order valence-corrected chi connectivity index (χ3v) is 5.85. The van der Waals surface area contributed by atoms with Crippen LogP contribution in [0.1, 0.15) is 40.0 Å². The highest BCUT2D eigenvalue weighted by Gasteiger charge is 2.16. The third-order valence-electron chi connectivity index (χ3n) is 3.47. The molecule has 1 heterocycles. The third kappa shape index (κ3) is 7.93. The summed E-state index contributed by atoms with van der Waals surface area (Å²) in [4.78, 5) is 2.51. The Hall–Kier alpha value is 0.620. The molecule has 0 N–H and O–H groups in total. The van der Waals surface area contributed by atoms with Crippen molar-refractivity contribution in [2.24, 2.45) is 5.41 Å². The van der Waals surface area contributed by atoms with Gasteiger partial charge in [0.2, 0.25) is 0 Å². The first-order chi connectivity index (χ1) is 8.64.